The third-order valence-corrected chi connectivity index (χ3v) is 3.69. The number of anilines is 1. The SMILES string of the molecule is CCNC(=NCCOCc1ccccc1)Nc1ccc(OC)c(OCC)c1. The Kier molecular flexibility index (Phi) is 9.00. The summed E-state index contributed by atoms with van der Waals surface area (Å²) in [4.78, 5) is 4.56. The van der Waals surface area contributed by atoms with Crippen molar-refractivity contribution < 1.29 is 14.2 Å². The Labute approximate surface area is 161 Å². The molecule has 0 saturated carbocycles. The Morgan fingerprint density at radius 3 is 2.56 bits per heavy atom. The van der Waals surface area contributed by atoms with E-state index in [0.29, 0.717) is 43.8 Å². The van der Waals surface area contributed by atoms with Gasteiger partial charge in [-0.05, 0) is 31.5 Å². The lowest BCUT2D eigenvalue weighted by atomic mass is 10.2. The second kappa shape index (κ2) is 11.8. The molecule has 0 fully saturated rings. The second-order valence-electron chi connectivity index (χ2n) is 5.72. The van der Waals surface area contributed by atoms with E-state index < -0.39 is 0 Å². The van der Waals surface area contributed by atoms with Crippen LogP contribution in [-0.4, -0.2) is 39.4 Å². The van der Waals surface area contributed by atoms with Gasteiger partial charge in [-0.3, -0.25) is 4.99 Å². The Hall–Kier alpha value is -2.73. The monoisotopic (exact) mass is 371 g/mol. The number of ether oxygens (including phenoxy) is 3. The molecule has 0 aliphatic carbocycles. The molecule has 2 aromatic rings. The molecule has 2 aromatic carbocycles. The zero-order chi connectivity index (χ0) is 19.3. The minimum atomic E-state index is 0.554. The van der Waals surface area contributed by atoms with Gasteiger partial charge in [0.05, 0.1) is 33.5 Å². The molecule has 0 saturated heterocycles. The van der Waals surface area contributed by atoms with Crippen LogP contribution in [0.4, 0.5) is 5.69 Å². The van der Waals surface area contributed by atoms with Gasteiger partial charge in [-0.15, -0.1) is 0 Å². The molecule has 0 aromatic heterocycles. The highest BCUT2D eigenvalue weighted by Crippen LogP contribution is 2.30. The Morgan fingerprint density at radius 1 is 1.04 bits per heavy atom. The van der Waals surface area contributed by atoms with Gasteiger partial charge in [-0.2, -0.15) is 0 Å². The van der Waals surface area contributed by atoms with Crippen molar-refractivity contribution >= 4 is 11.6 Å². The third-order valence-electron chi connectivity index (χ3n) is 3.69. The number of hydrogen-bond donors (Lipinski definition) is 2. The number of benzene rings is 2. The Bertz CT molecular complexity index is 705. The van der Waals surface area contributed by atoms with E-state index in [1.807, 2.05) is 50.2 Å². The molecule has 6 nitrogen and oxygen atoms in total. The first-order valence-electron chi connectivity index (χ1n) is 9.24. The smallest absolute Gasteiger partial charge is 0.195 e. The lowest BCUT2D eigenvalue weighted by Gasteiger charge is -2.14. The fourth-order valence-corrected chi connectivity index (χ4v) is 2.45. The van der Waals surface area contributed by atoms with E-state index in [-0.39, 0.29) is 0 Å². The molecule has 146 valence electrons. The first-order chi connectivity index (χ1) is 13.3. The summed E-state index contributed by atoms with van der Waals surface area (Å²) in [6.07, 6.45) is 0. The molecule has 2 rings (SSSR count). The van der Waals surface area contributed by atoms with E-state index in [2.05, 4.69) is 27.8 Å². The van der Waals surface area contributed by atoms with E-state index in [9.17, 15) is 0 Å². The summed E-state index contributed by atoms with van der Waals surface area (Å²) in [6, 6.07) is 15.8. The van der Waals surface area contributed by atoms with Crippen LogP contribution in [0.3, 0.4) is 0 Å². The minimum Gasteiger partial charge on any atom is -0.493 e. The van der Waals surface area contributed by atoms with Crippen molar-refractivity contribution in [1.82, 2.24) is 5.32 Å². The fraction of sp³-hybridized carbons (Fsp3) is 0.381. The molecule has 0 radical (unpaired) electrons. The van der Waals surface area contributed by atoms with Gasteiger partial charge in [0.25, 0.3) is 0 Å². The summed E-state index contributed by atoms with van der Waals surface area (Å²) in [5, 5.41) is 6.52. The molecule has 0 heterocycles. The highest BCUT2D eigenvalue weighted by atomic mass is 16.5. The molecule has 2 N–H and O–H groups in total. The van der Waals surface area contributed by atoms with Gasteiger partial charge in [0.2, 0.25) is 0 Å². The van der Waals surface area contributed by atoms with Gasteiger partial charge in [-0.25, -0.2) is 0 Å². The van der Waals surface area contributed by atoms with E-state index in [4.69, 9.17) is 14.2 Å². The Balaban J connectivity index is 1.90. The predicted octanol–water partition coefficient (Wildman–Crippen LogP) is 3.69. The van der Waals surface area contributed by atoms with Gasteiger partial charge in [0.15, 0.2) is 17.5 Å². The molecule has 0 unspecified atom stereocenters. The van der Waals surface area contributed by atoms with Gasteiger partial charge in [0.1, 0.15) is 0 Å². The van der Waals surface area contributed by atoms with Crippen LogP contribution >= 0.6 is 0 Å². The number of rotatable bonds is 10. The molecule has 0 aliphatic rings. The highest BCUT2D eigenvalue weighted by Gasteiger charge is 2.07. The summed E-state index contributed by atoms with van der Waals surface area (Å²) in [7, 11) is 1.63. The molecule has 0 amide bonds. The predicted molar refractivity (Wildman–Crippen MR) is 110 cm³/mol. The quantitative estimate of drug-likeness (QED) is 0.379. The average Bonchev–Trinajstić information content (AvgIpc) is 2.69. The van der Waals surface area contributed by atoms with Crippen molar-refractivity contribution in [1.29, 1.82) is 0 Å². The zero-order valence-electron chi connectivity index (χ0n) is 16.3. The van der Waals surface area contributed by atoms with E-state index in [1.165, 1.54) is 0 Å². The van der Waals surface area contributed by atoms with Crippen molar-refractivity contribution in [2.75, 3.05) is 38.7 Å². The fourth-order valence-electron chi connectivity index (χ4n) is 2.45. The number of aliphatic imine (C=N–C) groups is 1. The van der Waals surface area contributed by atoms with E-state index in [0.717, 1.165) is 17.8 Å². The van der Waals surface area contributed by atoms with Crippen molar-refractivity contribution in [2.24, 2.45) is 4.99 Å². The lowest BCUT2D eigenvalue weighted by molar-refractivity contribution is 0.128. The second-order valence-corrected chi connectivity index (χ2v) is 5.72. The normalized spacial score (nSPS) is 11.1. The number of nitrogens with zero attached hydrogens (tertiary/aromatic N) is 1. The molecule has 0 atom stereocenters. The molecular weight excluding hydrogens is 342 g/mol. The standard InChI is InChI=1S/C21H29N3O3/c1-4-22-21(23-13-14-26-16-17-9-7-6-8-10-17)24-18-11-12-19(25-3)20(15-18)27-5-2/h6-12,15H,4-5,13-14,16H2,1-3H3,(H2,22,23,24). The number of guanidine groups is 1. The summed E-state index contributed by atoms with van der Waals surface area (Å²) in [5.74, 6) is 2.11. The van der Waals surface area contributed by atoms with Gasteiger partial charge < -0.3 is 24.8 Å². The van der Waals surface area contributed by atoms with Gasteiger partial charge in [-0.1, -0.05) is 30.3 Å². The van der Waals surface area contributed by atoms with Crippen LogP contribution in [0.25, 0.3) is 0 Å². The van der Waals surface area contributed by atoms with Crippen LogP contribution in [0.2, 0.25) is 0 Å². The number of hydrogen-bond acceptors (Lipinski definition) is 4. The van der Waals surface area contributed by atoms with Gasteiger partial charge in [0, 0.05) is 18.3 Å². The third kappa shape index (κ3) is 7.19. The summed E-state index contributed by atoms with van der Waals surface area (Å²) in [6.45, 7) is 7.03. The maximum Gasteiger partial charge on any atom is 0.195 e. The summed E-state index contributed by atoms with van der Waals surface area (Å²) >= 11 is 0. The van der Waals surface area contributed by atoms with Crippen molar-refractivity contribution in [3.05, 3.63) is 54.1 Å². The number of methoxy groups -OCH3 is 1. The average molecular weight is 371 g/mol. The summed E-state index contributed by atoms with van der Waals surface area (Å²) in [5.41, 5.74) is 2.04. The van der Waals surface area contributed by atoms with Crippen molar-refractivity contribution in [3.63, 3.8) is 0 Å². The molecule has 6 heteroatoms. The van der Waals surface area contributed by atoms with Crippen molar-refractivity contribution in [2.45, 2.75) is 20.5 Å². The van der Waals surface area contributed by atoms with Crippen LogP contribution in [0, 0.1) is 0 Å². The van der Waals surface area contributed by atoms with Gasteiger partial charge >= 0.3 is 0 Å². The van der Waals surface area contributed by atoms with Crippen LogP contribution in [-0.2, 0) is 11.3 Å². The molecule has 0 spiro atoms. The zero-order valence-corrected chi connectivity index (χ0v) is 16.3. The van der Waals surface area contributed by atoms with Crippen molar-refractivity contribution in [3.8, 4) is 11.5 Å². The molecular formula is C21H29N3O3. The largest absolute Gasteiger partial charge is 0.493 e. The van der Waals surface area contributed by atoms with E-state index >= 15 is 0 Å². The van der Waals surface area contributed by atoms with Crippen LogP contribution in [0.1, 0.15) is 19.4 Å². The van der Waals surface area contributed by atoms with Crippen LogP contribution in [0.15, 0.2) is 53.5 Å². The Morgan fingerprint density at radius 2 is 1.85 bits per heavy atom. The summed E-state index contributed by atoms with van der Waals surface area (Å²) < 4.78 is 16.6. The van der Waals surface area contributed by atoms with Crippen LogP contribution < -0.4 is 20.1 Å². The molecule has 27 heavy (non-hydrogen) atoms. The number of nitrogens with one attached hydrogen (secondary N) is 2. The maximum atomic E-state index is 5.68. The highest BCUT2D eigenvalue weighted by molar-refractivity contribution is 5.93. The molecule has 0 bridgehead atoms. The topological polar surface area (TPSA) is 64.1 Å². The maximum absolute atomic E-state index is 5.68. The molecule has 0 aliphatic heterocycles. The minimum absolute atomic E-state index is 0.554. The van der Waals surface area contributed by atoms with Crippen LogP contribution in [0.5, 0.6) is 11.5 Å². The first kappa shape index (κ1) is 20.6. The first-order valence-corrected chi connectivity index (χ1v) is 9.24. The lowest BCUT2D eigenvalue weighted by Crippen LogP contribution is -2.31. The van der Waals surface area contributed by atoms with E-state index in [1.54, 1.807) is 7.11 Å².